The number of nitrogens with two attached hydrogens (primary N) is 2. The molecule has 0 aromatic heterocycles. The van der Waals surface area contributed by atoms with Crippen LogP contribution >= 0.6 is 7.82 Å². The molecule has 0 rings (SSSR count). The maximum Gasteiger partial charge on any atom is 0.472 e. The van der Waals surface area contributed by atoms with Gasteiger partial charge in [-0.2, -0.15) is 0 Å². The zero-order valence-electron chi connectivity index (χ0n) is 29.3. The molecule has 0 spiro atoms. The van der Waals surface area contributed by atoms with Crippen molar-refractivity contribution in [2.75, 3.05) is 26.4 Å². The Morgan fingerprint density at radius 1 is 0.638 bits per heavy atom. The third-order valence-corrected chi connectivity index (χ3v) is 8.23. The molecule has 5 atom stereocenters. The lowest BCUT2D eigenvalue weighted by Crippen LogP contribution is -2.42. The minimum absolute atomic E-state index is 0.131. The molecule has 0 saturated heterocycles. The van der Waals surface area contributed by atoms with E-state index in [2.05, 4.69) is 6.92 Å². The van der Waals surface area contributed by atoms with Crippen molar-refractivity contribution in [3.8, 4) is 0 Å². The average Bonchev–Trinajstić information content (AvgIpc) is 3.01. The van der Waals surface area contributed by atoms with Gasteiger partial charge in [0.2, 0.25) is 0 Å². The number of hydrogen-bond acceptors (Lipinski definition) is 13. The highest BCUT2D eigenvalue weighted by molar-refractivity contribution is 7.47. The van der Waals surface area contributed by atoms with Crippen LogP contribution in [0.15, 0.2) is 0 Å². The van der Waals surface area contributed by atoms with Gasteiger partial charge in [-0.05, 0) is 18.3 Å². The van der Waals surface area contributed by atoms with Crippen LogP contribution in [0.5, 0.6) is 0 Å². The Morgan fingerprint density at radius 3 is 1.53 bits per heavy atom. The van der Waals surface area contributed by atoms with Gasteiger partial charge in [-0.15, -0.1) is 0 Å². The van der Waals surface area contributed by atoms with E-state index in [4.69, 9.17) is 39.5 Å². The Hall–Kier alpha value is -2.09. The lowest BCUT2D eigenvalue weighted by molar-refractivity contribution is -0.164. The van der Waals surface area contributed by atoms with Crippen LogP contribution in [0.1, 0.15) is 119 Å². The lowest BCUT2D eigenvalue weighted by atomic mass is 10.1. The van der Waals surface area contributed by atoms with Crippen LogP contribution < -0.4 is 11.5 Å². The van der Waals surface area contributed by atoms with Crippen molar-refractivity contribution in [1.29, 1.82) is 0 Å². The molecule has 0 aromatic rings. The highest BCUT2D eigenvalue weighted by Gasteiger charge is 2.31. The number of unbranched alkanes of at least 4 members (excludes halogenated alkanes) is 10. The summed E-state index contributed by atoms with van der Waals surface area (Å²) < 4.78 is 43.3. The molecule has 15 heteroatoms. The molecule has 0 aliphatic carbocycles. The maximum absolute atomic E-state index is 12.7. The van der Waals surface area contributed by atoms with Crippen LogP contribution in [0.25, 0.3) is 0 Å². The number of phosphoric ester groups is 1. The number of carbonyl (C=O) groups is 4. The lowest BCUT2D eigenvalue weighted by Gasteiger charge is -2.24. The molecule has 276 valence electrons. The predicted octanol–water partition coefficient (Wildman–Crippen LogP) is 4.72. The molecule has 5 N–H and O–H groups in total. The number of esters is 4. The maximum atomic E-state index is 12.7. The fourth-order valence-corrected chi connectivity index (χ4v) is 4.86. The molecule has 0 radical (unpaired) electrons. The highest BCUT2D eigenvalue weighted by atomic mass is 31.2. The summed E-state index contributed by atoms with van der Waals surface area (Å²) in [4.78, 5) is 58.7. The monoisotopic (exact) mass is 696 g/mol. The summed E-state index contributed by atoms with van der Waals surface area (Å²) in [5.74, 6) is -3.31. The molecule has 0 aromatic carbocycles. The van der Waals surface area contributed by atoms with Crippen molar-refractivity contribution in [3.05, 3.63) is 0 Å². The van der Waals surface area contributed by atoms with Crippen LogP contribution in [-0.4, -0.2) is 79.5 Å². The summed E-state index contributed by atoms with van der Waals surface area (Å²) in [6.45, 7) is 7.94. The Balaban J connectivity index is 4.93. The van der Waals surface area contributed by atoms with Crippen molar-refractivity contribution < 1.29 is 56.6 Å². The van der Waals surface area contributed by atoms with Crippen LogP contribution in [-0.2, 0) is 51.7 Å². The second kappa shape index (κ2) is 25.9. The molecule has 0 bridgehead atoms. The summed E-state index contributed by atoms with van der Waals surface area (Å²) in [6.07, 6.45) is 9.99. The zero-order valence-corrected chi connectivity index (χ0v) is 30.2. The SMILES string of the molecule is CCCCCCCCCCCCCC(=O)O[C@H](COC(C)=O)COP(=O)(O)OCC(COC(=O)[C@@H](N)C(C)C)OC(=O)[C@@H](N)C(C)C. The van der Waals surface area contributed by atoms with Gasteiger partial charge >= 0.3 is 31.7 Å². The number of hydrogen-bond donors (Lipinski definition) is 3. The third-order valence-electron chi connectivity index (χ3n) is 7.28. The minimum atomic E-state index is -4.83. The largest absolute Gasteiger partial charge is 0.472 e. The number of ether oxygens (including phenoxy) is 4. The molecule has 0 saturated carbocycles. The smallest absolute Gasteiger partial charge is 0.462 e. The first-order chi connectivity index (χ1) is 22.1. The van der Waals surface area contributed by atoms with E-state index in [0.29, 0.717) is 6.42 Å². The van der Waals surface area contributed by atoms with E-state index in [9.17, 15) is 28.6 Å². The first-order valence-corrected chi connectivity index (χ1v) is 18.4. The summed E-state index contributed by atoms with van der Waals surface area (Å²) in [7, 11) is -4.83. The Bertz CT molecular complexity index is 949. The van der Waals surface area contributed by atoms with Gasteiger partial charge in [0, 0.05) is 13.3 Å². The minimum Gasteiger partial charge on any atom is -0.462 e. The van der Waals surface area contributed by atoms with Gasteiger partial charge in [0.15, 0.2) is 12.2 Å². The van der Waals surface area contributed by atoms with Gasteiger partial charge in [-0.3, -0.25) is 28.2 Å². The quantitative estimate of drug-likeness (QED) is 0.0437. The van der Waals surface area contributed by atoms with Crippen molar-refractivity contribution in [2.24, 2.45) is 23.3 Å². The topological polar surface area (TPSA) is 213 Å². The van der Waals surface area contributed by atoms with Crippen LogP contribution in [0.3, 0.4) is 0 Å². The van der Waals surface area contributed by atoms with Gasteiger partial charge in [0.25, 0.3) is 0 Å². The van der Waals surface area contributed by atoms with Crippen molar-refractivity contribution in [2.45, 2.75) is 143 Å². The Kier molecular flexibility index (Phi) is 24.7. The molecular weight excluding hydrogens is 635 g/mol. The van der Waals surface area contributed by atoms with E-state index in [0.717, 1.165) is 19.3 Å². The normalized spacial score (nSPS) is 15.4. The van der Waals surface area contributed by atoms with E-state index in [1.165, 1.54) is 51.9 Å². The van der Waals surface area contributed by atoms with Gasteiger partial charge < -0.3 is 35.3 Å². The van der Waals surface area contributed by atoms with E-state index in [-0.39, 0.29) is 18.3 Å². The average molecular weight is 697 g/mol. The molecule has 2 unspecified atom stereocenters. The fourth-order valence-electron chi connectivity index (χ4n) is 4.07. The van der Waals surface area contributed by atoms with Gasteiger partial charge in [0.1, 0.15) is 25.3 Å². The molecule has 14 nitrogen and oxygen atoms in total. The van der Waals surface area contributed by atoms with Crippen LogP contribution in [0.2, 0.25) is 0 Å². The molecule has 0 amide bonds. The third kappa shape index (κ3) is 23.8. The van der Waals surface area contributed by atoms with E-state index >= 15 is 0 Å². The Morgan fingerprint density at radius 2 is 1.06 bits per heavy atom. The molecule has 47 heavy (non-hydrogen) atoms. The first-order valence-electron chi connectivity index (χ1n) is 16.9. The standard InChI is InChI=1S/C32H61N2O12P/c1-7-8-9-10-11-12-13-14-15-16-17-18-28(36)45-26(19-41-25(6)35)21-43-47(39,40)44-22-27(46-32(38)30(34)24(4)5)20-42-31(37)29(33)23(2)3/h23-24,26-27,29-30H,7-22,33-34H2,1-6H3,(H,39,40)/t26-,27?,29+,30+/m1/s1. The number of rotatable bonds is 28. The first kappa shape index (κ1) is 44.9. The highest BCUT2D eigenvalue weighted by Crippen LogP contribution is 2.43. The van der Waals surface area contributed by atoms with Crippen molar-refractivity contribution in [1.82, 2.24) is 0 Å². The van der Waals surface area contributed by atoms with Crippen LogP contribution in [0, 0.1) is 11.8 Å². The number of carbonyl (C=O) groups excluding carboxylic acids is 4. The van der Waals surface area contributed by atoms with E-state index < -0.39 is 82.4 Å². The zero-order chi connectivity index (χ0) is 35.8. The van der Waals surface area contributed by atoms with Crippen molar-refractivity contribution in [3.63, 3.8) is 0 Å². The predicted molar refractivity (Wildman–Crippen MR) is 176 cm³/mol. The van der Waals surface area contributed by atoms with Crippen molar-refractivity contribution >= 4 is 31.7 Å². The molecular formula is C32H61N2O12P. The second-order valence-electron chi connectivity index (χ2n) is 12.5. The van der Waals surface area contributed by atoms with Gasteiger partial charge in [-0.1, -0.05) is 98.8 Å². The van der Waals surface area contributed by atoms with E-state index in [1.54, 1.807) is 27.7 Å². The molecule has 0 aliphatic rings. The fraction of sp³-hybridized carbons (Fsp3) is 0.875. The van der Waals surface area contributed by atoms with Gasteiger partial charge in [-0.25, -0.2) is 4.57 Å². The second-order valence-corrected chi connectivity index (χ2v) is 13.9. The van der Waals surface area contributed by atoms with E-state index in [1.807, 2.05) is 0 Å². The Labute approximate surface area is 280 Å². The van der Waals surface area contributed by atoms with Crippen LogP contribution in [0.4, 0.5) is 0 Å². The van der Waals surface area contributed by atoms with Gasteiger partial charge in [0.05, 0.1) is 13.2 Å². The summed E-state index contributed by atoms with van der Waals surface area (Å²) in [6, 6.07) is -1.95. The molecule has 0 fully saturated rings. The summed E-state index contributed by atoms with van der Waals surface area (Å²) in [5.41, 5.74) is 11.6. The summed E-state index contributed by atoms with van der Waals surface area (Å²) in [5, 5.41) is 0. The molecule has 0 aliphatic heterocycles. The number of phosphoric acid groups is 1. The summed E-state index contributed by atoms with van der Waals surface area (Å²) >= 11 is 0. The molecule has 0 heterocycles.